The number of amides is 1. The quantitative estimate of drug-likeness (QED) is 0.791. The normalized spacial score (nSPS) is 15.4. The Hall–Kier alpha value is -2.08. The molecule has 1 amide bonds. The van der Waals surface area contributed by atoms with Crippen LogP contribution in [0, 0.1) is 0 Å². The van der Waals surface area contributed by atoms with Gasteiger partial charge >= 0.3 is 12.1 Å². The molecule has 0 aliphatic heterocycles. The van der Waals surface area contributed by atoms with Crippen LogP contribution in [0.4, 0.5) is 4.79 Å². The number of carbonyl (C=O) groups excluding carboxylic acids is 1. The third kappa shape index (κ3) is 4.89. The second kappa shape index (κ2) is 6.91. The third-order valence-electron chi connectivity index (χ3n) is 2.83. The van der Waals surface area contributed by atoms with Gasteiger partial charge in [0.15, 0.2) is 6.04 Å². The first-order valence-electron chi connectivity index (χ1n) is 6.47. The zero-order valence-electron chi connectivity index (χ0n) is 11.0. The van der Waals surface area contributed by atoms with Gasteiger partial charge in [0.05, 0.1) is 12.7 Å². The highest BCUT2D eigenvalue weighted by molar-refractivity contribution is 5.80. The summed E-state index contributed by atoms with van der Waals surface area (Å²) in [6.07, 6.45) is 1.27. The molecule has 1 fully saturated rings. The number of hydrogen-bond donors (Lipinski definition) is 2. The van der Waals surface area contributed by atoms with Crippen LogP contribution < -0.4 is 5.32 Å². The lowest BCUT2D eigenvalue weighted by atomic mass is 10.2. The van der Waals surface area contributed by atoms with Gasteiger partial charge in [-0.1, -0.05) is 30.3 Å². The fourth-order valence-corrected chi connectivity index (χ4v) is 1.55. The molecule has 1 aromatic carbocycles. The lowest BCUT2D eigenvalue weighted by Crippen LogP contribution is -2.44. The van der Waals surface area contributed by atoms with Gasteiger partial charge in [-0.15, -0.1) is 0 Å². The van der Waals surface area contributed by atoms with E-state index in [9.17, 15) is 9.59 Å². The Morgan fingerprint density at radius 2 is 2.00 bits per heavy atom. The monoisotopic (exact) mass is 279 g/mol. The number of aliphatic carboxylic acids is 1. The van der Waals surface area contributed by atoms with Crippen LogP contribution in [-0.2, 0) is 20.9 Å². The van der Waals surface area contributed by atoms with E-state index in [1.165, 1.54) is 0 Å². The predicted molar refractivity (Wildman–Crippen MR) is 70.2 cm³/mol. The summed E-state index contributed by atoms with van der Waals surface area (Å²) in [7, 11) is 0. The summed E-state index contributed by atoms with van der Waals surface area (Å²) in [6.45, 7) is 0.0585. The van der Waals surface area contributed by atoms with Crippen molar-refractivity contribution in [2.24, 2.45) is 0 Å². The van der Waals surface area contributed by atoms with Crippen LogP contribution in [0.3, 0.4) is 0 Å². The number of carbonyl (C=O) groups is 2. The van der Waals surface area contributed by atoms with E-state index < -0.39 is 18.1 Å². The van der Waals surface area contributed by atoms with Crippen LogP contribution >= 0.6 is 0 Å². The maximum absolute atomic E-state index is 11.5. The zero-order valence-corrected chi connectivity index (χ0v) is 11.0. The van der Waals surface area contributed by atoms with Crippen molar-refractivity contribution < 1.29 is 24.2 Å². The SMILES string of the molecule is O=C(NC(COC1CC1)C(=O)O)OCc1ccccc1. The number of benzene rings is 1. The number of carboxylic acid groups (broad SMARTS) is 1. The molecule has 1 aliphatic carbocycles. The van der Waals surface area contributed by atoms with E-state index in [1.807, 2.05) is 30.3 Å². The molecular formula is C14H17NO5. The molecule has 2 rings (SSSR count). The molecule has 20 heavy (non-hydrogen) atoms. The number of hydrogen-bond acceptors (Lipinski definition) is 4. The summed E-state index contributed by atoms with van der Waals surface area (Å²) < 4.78 is 10.3. The van der Waals surface area contributed by atoms with Gasteiger partial charge in [-0.2, -0.15) is 0 Å². The molecule has 2 N–H and O–H groups in total. The van der Waals surface area contributed by atoms with Crippen molar-refractivity contribution in [3.8, 4) is 0 Å². The number of rotatable bonds is 7. The minimum Gasteiger partial charge on any atom is -0.480 e. The standard InChI is InChI=1S/C14H17NO5/c16-13(17)12(9-19-11-6-7-11)15-14(18)20-8-10-4-2-1-3-5-10/h1-5,11-12H,6-9H2,(H,15,18)(H,16,17). The average Bonchev–Trinajstić information content (AvgIpc) is 3.26. The van der Waals surface area contributed by atoms with Crippen LogP contribution in [0.25, 0.3) is 0 Å². The molecule has 0 spiro atoms. The lowest BCUT2D eigenvalue weighted by Gasteiger charge is -2.14. The van der Waals surface area contributed by atoms with Crippen molar-refractivity contribution in [2.75, 3.05) is 6.61 Å². The molecule has 6 nitrogen and oxygen atoms in total. The molecule has 0 radical (unpaired) electrons. The number of carboxylic acids is 1. The highest BCUT2D eigenvalue weighted by atomic mass is 16.5. The van der Waals surface area contributed by atoms with E-state index >= 15 is 0 Å². The molecule has 0 saturated heterocycles. The van der Waals surface area contributed by atoms with Crippen molar-refractivity contribution in [3.63, 3.8) is 0 Å². The summed E-state index contributed by atoms with van der Waals surface area (Å²) in [5, 5.41) is 11.3. The Morgan fingerprint density at radius 1 is 1.30 bits per heavy atom. The van der Waals surface area contributed by atoms with Crippen LogP contribution in [0.2, 0.25) is 0 Å². The Bertz CT molecular complexity index is 458. The second-order valence-electron chi connectivity index (χ2n) is 4.63. The fraction of sp³-hybridized carbons (Fsp3) is 0.429. The molecule has 0 aromatic heterocycles. The smallest absolute Gasteiger partial charge is 0.408 e. The Balaban J connectivity index is 1.74. The summed E-state index contributed by atoms with van der Waals surface area (Å²) in [4.78, 5) is 22.5. The molecule has 0 heterocycles. The first-order chi connectivity index (χ1) is 9.65. The van der Waals surface area contributed by atoms with Gasteiger partial charge < -0.3 is 19.9 Å². The first-order valence-corrected chi connectivity index (χ1v) is 6.47. The minimum atomic E-state index is -1.14. The lowest BCUT2D eigenvalue weighted by molar-refractivity contribution is -0.141. The first kappa shape index (κ1) is 14.3. The van der Waals surface area contributed by atoms with E-state index in [0.29, 0.717) is 0 Å². The third-order valence-corrected chi connectivity index (χ3v) is 2.83. The van der Waals surface area contributed by atoms with Crippen molar-refractivity contribution in [1.29, 1.82) is 0 Å². The van der Waals surface area contributed by atoms with E-state index in [2.05, 4.69) is 5.32 Å². The summed E-state index contributed by atoms with van der Waals surface area (Å²) >= 11 is 0. The van der Waals surface area contributed by atoms with Gasteiger partial charge in [0.1, 0.15) is 6.61 Å². The topological polar surface area (TPSA) is 84.9 Å². The Labute approximate surface area is 116 Å². The van der Waals surface area contributed by atoms with Crippen LogP contribution in [0.1, 0.15) is 18.4 Å². The Morgan fingerprint density at radius 3 is 2.60 bits per heavy atom. The van der Waals surface area contributed by atoms with E-state index in [-0.39, 0.29) is 19.3 Å². The number of alkyl carbamates (subject to hydrolysis) is 1. The molecule has 0 bridgehead atoms. The molecule has 1 unspecified atom stereocenters. The van der Waals surface area contributed by atoms with Crippen molar-refractivity contribution in [1.82, 2.24) is 5.32 Å². The van der Waals surface area contributed by atoms with E-state index in [4.69, 9.17) is 14.6 Å². The second-order valence-corrected chi connectivity index (χ2v) is 4.63. The number of ether oxygens (including phenoxy) is 2. The fourth-order valence-electron chi connectivity index (χ4n) is 1.55. The summed E-state index contributed by atoms with van der Waals surface area (Å²) in [6, 6.07) is 8.08. The molecule has 1 aromatic rings. The minimum absolute atomic E-state index is 0.0412. The van der Waals surface area contributed by atoms with E-state index in [0.717, 1.165) is 18.4 Å². The van der Waals surface area contributed by atoms with E-state index in [1.54, 1.807) is 0 Å². The molecule has 6 heteroatoms. The highest BCUT2D eigenvalue weighted by Crippen LogP contribution is 2.23. The van der Waals surface area contributed by atoms with Crippen molar-refractivity contribution >= 4 is 12.1 Å². The molecule has 1 saturated carbocycles. The molecule has 108 valence electrons. The Kier molecular flexibility index (Phi) is 4.95. The van der Waals surface area contributed by atoms with Crippen molar-refractivity contribution in [2.45, 2.75) is 31.6 Å². The molecule has 1 aliphatic rings. The van der Waals surface area contributed by atoms with Gasteiger partial charge in [-0.25, -0.2) is 9.59 Å². The maximum atomic E-state index is 11.5. The van der Waals surface area contributed by atoms with Crippen LogP contribution in [-0.4, -0.2) is 35.9 Å². The van der Waals surface area contributed by atoms with Crippen LogP contribution in [0.5, 0.6) is 0 Å². The van der Waals surface area contributed by atoms with Gasteiger partial charge in [-0.3, -0.25) is 0 Å². The van der Waals surface area contributed by atoms with Gasteiger partial charge in [0, 0.05) is 0 Å². The van der Waals surface area contributed by atoms with Gasteiger partial charge in [-0.05, 0) is 18.4 Å². The van der Waals surface area contributed by atoms with Gasteiger partial charge in [0.2, 0.25) is 0 Å². The molecule has 1 atom stereocenters. The average molecular weight is 279 g/mol. The highest BCUT2D eigenvalue weighted by Gasteiger charge is 2.27. The predicted octanol–water partition coefficient (Wildman–Crippen LogP) is 1.54. The maximum Gasteiger partial charge on any atom is 0.408 e. The van der Waals surface area contributed by atoms with Crippen LogP contribution in [0.15, 0.2) is 30.3 Å². The largest absolute Gasteiger partial charge is 0.480 e. The molecular weight excluding hydrogens is 262 g/mol. The number of nitrogens with one attached hydrogen (secondary N) is 1. The van der Waals surface area contributed by atoms with Crippen molar-refractivity contribution in [3.05, 3.63) is 35.9 Å². The summed E-state index contributed by atoms with van der Waals surface area (Å²) in [5.41, 5.74) is 0.837. The summed E-state index contributed by atoms with van der Waals surface area (Å²) in [5.74, 6) is -1.14. The van der Waals surface area contributed by atoms with Gasteiger partial charge in [0.25, 0.3) is 0 Å². The zero-order chi connectivity index (χ0) is 14.4.